The van der Waals surface area contributed by atoms with Crippen molar-refractivity contribution in [2.75, 3.05) is 5.32 Å². The molecule has 0 aliphatic carbocycles. The van der Waals surface area contributed by atoms with Crippen LogP contribution in [0.2, 0.25) is 0 Å². The number of halogens is 3. The lowest BCUT2D eigenvalue weighted by atomic mass is 10.1. The molecule has 0 unspecified atom stereocenters. The summed E-state index contributed by atoms with van der Waals surface area (Å²) in [6.45, 7) is 4.79. The van der Waals surface area contributed by atoms with Crippen molar-refractivity contribution in [3.05, 3.63) is 59.2 Å². The molecule has 0 saturated carbocycles. The Morgan fingerprint density at radius 3 is 2.24 bits per heavy atom. The SMILES string of the molecule is Cc1ccc(S(=O)(=O)NCc2ccc(NC(=O)NC(C)C)cc2)cc1C(F)(F)F. The van der Waals surface area contributed by atoms with Crippen molar-refractivity contribution in [1.82, 2.24) is 10.0 Å². The summed E-state index contributed by atoms with van der Waals surface area (Å²) >= 11 is 0. The Morgan fingerprint density at radius 1 is 1.07 bits per heavy atom. The van der Waals surface area contributed by atoms with E-state index >= 15 is 0 Å². The summed E-state index contributed by atoms with van der Waals surface area (Å²) in [5.41, 5.74) is 0.0474. The molecule has 3 N–H and O–H groups in total. The van der Waals surface area contributed by atoms with Gasteiger partial charge in [0.15, 0.2) is 0 Å². The molecule has 0 heterocycles. The topological polar surface area (TPSA) is 87.3 Å². The minimum absolute atomic E-state index is 0.0247. The van der Waals surface area contributed by atoms with Crippen LogP contribution in [0.3, 0.4) is 0 Å². The van der Waals surface area contributed by atoms with Gasteiger partial charge in [-0.3, -0.25) is 0 Å². The Labute approximate surface area is 167 Å². The van der Waals surface area contributed by atoms with Crippen LogP contribution in [0.5, 0.6) is 0 Å². The number of carbonyl (C=O) groups excluding carboxylic acids is 1. The van der Waals surface area contributed by atoms with Crippen LogP contribution < -0.4 is 15.4 Å². The minimum atomic E-state index is -4.64. The fourth-order valence-electron chi connectivity index (χ4n) is 2.47. The highest BCUT2D eigenvalue weighted by Crippen LogP contribution is 2.33. The number of anilines is 1. The van der Waals surface area contributed by atoms with E-state index in [0.717, 1.165) is 12.1 Å². The Balaban J connectivity index is 2.06. The van der Waals surface area contributed by atoms with E-state index < -0.39 is 26.7 Å². The van der Waals surface area contributed by atoms with Gasteiger partial charge < -0.3 is 10.6 Å². The highest BCUT2D eigenvalue weighted by molar-refractivity contribution is 7.89. The normalized spacial score (nSPS) is 12.1. The highest BCUT2D eigenvalue weighted by atomic mass is 32.2. The number of aryl methyl sites for hydroxylation is 1. The number of hydrogen-bond acceptors (Lipinski definition) is 3. The zero-order chi connectivity index (χ0) is 21.8. The van der Waals surface area contributed by atoms with E-state index in [0.29, 0.717) is 17.3 Å². The second kappa shape index (κ2) is 8.83. The Morgan fingerprint density at radius 2 is 1.69 bits per heavy atom. The maximum absolute atomic E-state index is 13.0. The number of sulfonamides is 1. The number of nitrogens with one attached hydrogen (secondary N) is 3. The summed E-state index contributed by atoms with van der Waals surface area (Å²) in [6.07, 6.45) is -4.64. The molecule has 2 aromatic rings. The maximum Gasteiger partial charge on any atom is 0.416 e. The molecule has 2 rings (SSSR count). The van der Waals surface area contributed by atoms with Crippen LogP contribution in [0.25, 0.3) is 0 Å². The highest BCUT2D eigenvalue weighted by Gasteiger charge is 2.33. The number of urea groups is 1. The van der Waals surface area contributed by atoms with Crippen molar-refractivity contribution in [3.63, 3.8) is 0 Å². The van der Waals surface area contributed by atoms with Crippen molar-refractivity contribution in [2.45, 2.75) is 44.4 Å². The molecule has 0 bridgehead atoms. The van der Waals surface area contributed by atoms with Crippen LogP contribution in [0.1, 0.15) is 30.5 Å². The molecule has 6 nitrogen and oxygen atoms in total. The molecule has 0 saturated heterocycles. The average Bonchev–Trinajstić information content (AvgIpc) is 2.59. The van der Waals surface area contributed by atoms with Crippen LogP contribution in [-0.2, 0) is 22.7 Å². The Kier molecular flexibility index (Phi) is 6.91. The van der Waals surface area contributed by atoms with Gasteiger partial charge in [0.2, 0.25) is 10.0 Å². The summed E-state index contributed by atoms with van der Waals surface area (Å²) in [6, 6.07) is 8.88. The Hall–Kier alpha value is -2.59. The first kappa shape index (κ1) is 22.7. The fraction of sp³-hybridized carbons (Fsp3) is 0.316. The first-order valence-corrected chi connectivity index (χ1v) is 10.2. The van der Waals surface area contributed by atoms with Crippen molar-refractivity contribution in [2.24, 2.45) is 0 Å². The Bertz CT molecular complexity index is 972. The lowest BCUT2D eigenvalue weighted by Crippen LogP contribution is -2.34. The first-order chi connectivity index (χ1) is 13.4. The van der Waals surface area contributed by atoms with Gasteiger partial charge in [-0.1, -0.05) is 18.2 Å². The van der Waals surface area contributed by atoms with Gasteiger partial charge in [0.25, 0.3) is 0 Å². The van der Waals surface area contributed by atoms with Gasteiger partial charge in [-0.25, -0.2) is 17.9 Å². The molecule has 0 spiro atoms. The number of rotatable bonds is 6. The molecule has 0 aliphatic rings. The molecule has 0 aromatic heterocycles. The standard InChI is InChI=1S/C19H22F3N3O3S/c1-12(2)24-18(26)25-15-7-5-14(6-8-15)11-23-29(27,28)16-9-4-13(3)17(10-16)19(20,21)22/h4-10,12,23H,11H2,1-3H3,(H2,24,25,26). The molecular formula is C19H22F3N3O3S. The lowest BCUT2D eigenvalue weighted by molar-refractivity contribution is -0.138. The monoisotopic (exact) mass is 429 g/mol. The largest absolute Gasteiger partial charge is 0.416 e. The van der Waals surface area contributed by atoms with Crippen LogP contribution in [0, 0.1) is 6.92 Å². The number of alkyl halides is 3. The third kappa shape index (κ3) is 6.47. The van der Waals surface area contributed by atoms with Gasteiger partial charge in [0.05, 0.1) is 10.5 Å². The number of carbonyl (C=O) groups is 1. The second-order valence-electron chi connectivity index (χ2n) is 6.75. The summed E-state index contributed by atoms with van der Waals surface area (Å²) in [5.74, 6) is 0. The number of amides is 2. The molecule has 2 aromatic carbocycles. The number of benzene rings is 2. The van der Waals surface area contributed by atoms with Crippen LogP contribution in [0.4, 0.5) is 23.7 Å². The maximum atomic E-state index is 13.0. The van der Waals surface area contributed by atoms with Gasteiger partial charge in [-0.15, -0.1) is 0 Å². The van der Waals surface area contributed by atoms with Crippen LogP contribution in [0.15, 0.2) is 47.4 Å². The van der Waals surface area contributed by atoms with E-state index in [2.05, 4.69) is 15.4 Å². The zero-order valence-corrected chi connectivity index (χ0v) is 16.9. The van der Waals surface area contributed by atoms with E-state index in [4.69, 9.17) is 0 Å². The smallest absolute Gasteiger partial charge is 0.336 e. The molecule has 158 valence electrons. The number of hydrogen-bond donors (Lipinski definition) is 3. The molecule has 0 atom stereocenters. The molecule has 0 fully saturated rings. The summed E-state index contributed by atoms with van der Waals surface area (Å²) in [5, 5.41) is 5.30. The van der Waals surface area contributed by atoms with E-state index in [1.807, 2.05) is 13.8 Å². The summed E-state index contributed by atoms with van der Waals surface area (Å²) < 4.78 is 66.1. The third-order valence-corrected chi connectivity index (χ3v) is 5.32. The molecule has 2 amide bonds. The molecular weight excluding hydrogens is 407 g/mol. The van der Waals surface area contributed by atoms with Gasteiger partial charge in [0, 0.05) is 18.3 Å². The average molecular weight is 429 g/mol. The first-order valence-electron chi connectivity index (χ1n) is 8.72. The van der Waals surface area contributed by atoms with E-state index in [9.17, 15) is 26.4 Å². The van der Waals surface area contributed by atoms with Crippen molar-refractivity contribution in [3.8, 4) is 0 Å². The molecule has 10 heteroatoms. The molecule has 0 aliphatic heterocycles. The molecule has 29 heavy (non-hydrogen) atoms. The predicted octanol–water partition coefficient (Wildman–Crippen LogP) is 4.02. The van der Waals surface area contributed by atoms with Crippen molar-refractivity contribution < 1.29 is 26.4 Å². The van der Waals surface area contributed by atoms with Gasteiger partial charge in [0.1, 0.15) is 0 Å². The summed E-state index contributed by atoms with van der Waals surface area (Å²) in [4.78, 5) is 11.2. The lowest BCUT2D eigenvalue weighted by Gasteiger charge is -2.13. The van der Waals surface area contributed by atoms with Crippen molar-refractivity contribution >= 4 is 21.7 Å². The third-order valence-electron chi connectivity index (χ3n) is 3.92. The summed E-state index contributed by atoms with van der Waals surface area (Å²) in [7, 11) is -4.13. The fourth-order valence-corrected chi connectivity index (χ4v) is 3.51. The van der Waals surface area contributed by atoms with Crippen LogP contribution >= 0.6 is 0 Å². The molecule has 0 radical (unpaired) electrons. The zero-order valence-electron chi connectivity index (χ0n) is 16.1. The van der Waals surface area contributed by atoms with Gasteiger partial charge in [-0.05, 0) is 56.2 Å². The van der Waals surface area contributed by atoms with E-state index in [1.165, 1.54) is 6.92 Å². The van der Waals surface area contributed by atoms with Gasteiger partial charge >= 0.3 is 12.2 Å². The predicted molar refractivity (Wildman–Crippen MR) is 104 cm³/mol. The quantitative estimate of drug-likeness (QED) is 0.648. The van der Waals surface area contributed by atoms with Crippen molar-refractivity contribution in [1.29, 1.82) is 0 Å². The second-order valence-corrected chi connectivity index (χ2v) is 8.52. The van der Waals surface area contributed by atoms with E-state index in [1.54, 1.807) is 24.3 Å². The van der Waals surface area contributed by atoms with Crippen LogP contribution in [-0.4, -0.2) is 20.5 Å². The minimum Gasteiger partial charge on any atom is -0.336 e. The van der Waals surface area contributed by atoms with Gasteiger partial charge in [-0.2, -0.15) is 13.2 Å². The van der Waals surface area contributed by atoms with E-state index in [-0.39, 0.29) is 24.2 Å².